The fourth-order valence-electron chi connectivity index (χ4n) is 7.16. The minimum Gasteiger partial charge on any atom is -0.493 e. The molecule has 2 unspecified atom stereocenters. The summed E-state index contributed by atoms with van der Waals surface area (Å²) in [6, 6.07) is 4.10. The Balaban J connectivity index is 1.53. The molecule has 0 amide bonds. The SMILES string of the molecule is COc1cc(CNC23CC4CC(C)(CC(C)(C4)C2)C3)cc(Cl)c1OC(C)C. The van der Waals surface area contributed by atoms with Gasteiger partial charge in [-0.05, 0) is 86.8 Å². The molecule has 0 radical (unpaired) electrons. The first-order chi connectivity index (χ1) is 12.6. The zero-order valence-electron chi connectivity index (χ0n) is 17.5. The Bertz CT molecular complexity index is 713. The molecule has 1 aromatic rings. The minimum atomic E-state index is 0.0638. The van der Waals surface area contributed by atoms with Crippen molar-refractivity contribution >= 4 is 11.6 Å². The molecule has 150 valence electrons. The van der Waals surface area contributed by atoms with Gasteiger partial charge in [-0.3, -0.25) is 0 Å². The third-order valence-corrected chi connectivity index (χ3v) is 7.22. The maximum atomic E-state index is 6.52. The number of hydrogen-bond donors (Lipinski definition) is 1. The summed E-state index contributed by atoms with van der Waals surface area (Å²) in [6.45, 7) is 9.87. The second-order valence-electron chi connectivity index (χ2n) is 10.5. The average molecular weight is 392 g/mol. The van der Waals surface area contributed by atoms with E-state index in [1.807, 2.05) is 19.9 Å². The summed E-state index contributed by atoms with van der Waals surface area (Å²) in [5.41, 5.74) is 2.49. The van der Waals surface area contributed by atoms with E-state index in [-0.39, 0.29) is 11.6 Å². The molecule has 1 N–H and O–H groups in total. The third kappa shape index (κ3) is 3.70. The van der Waals surface area contributed by atoms with E-state index >= 15 is 0 Å². The zero-order chi connectivity index (χ0) is 19.4. The van der Waals surface area contributed by atoms with Crippen LogP contribution in [0.15, 0.2) is 12.1 Å². The van der Waals surface area contributed by atoms with Crippen LogP contribution >= 0.6 is 11.6 Å². The number of nitrogens with one attached hydrogen (secondary N) is 1. The molecule has 1 aromatic carbocycles. The van der Waals surface area contributed by atoms with Crippen molar-refractivity contribution in [1.82, 2.24) is 5.32 Å². The summed E-state index contributed by atoms with van der Waals surface area (Å²) in [5, 5.41) is 4.61. The number of hydrogen-bond acceptors (Lipinski definition) is 3. The Kier molecular flexibility index (Phi) is 4.71. The molecule has 4 bridgehead atoms. The van der Waals surface area contributed by atoms with Crippen molar-refractivity contribution in [3.63, 3.8) is 0 Å². The van der Waals surface area contributed by atoms with Crippen LogP contribution in [0.5, 0.6) is 11.5 Å². The third-order valence-electron chi connectivity index (χ3n) is 6.94. The van der Waals surface area contributed by atoms with Crippen molar-refractivity contribution in [3.05, 3.63) is 22.7 Å². The molecule has 0 heterocycles. The van der Waals surface area contributed by atoms with Crippen LogP contribution in [0.4, 0.5) is 0 Å². The second kappa shape index (κ2) is 6.56. The molecule has 4 aliphatic rings. The Morgan fingerprint density at radius 2 is 1.78 bits per heavy atom. The maximum absolute atomic E-state index is 6.52. The predicted molar refractivity (Wildman–Crippen MR) is 111 cm³/mol. The lowest BCUT2D eigenvalue weighted by Crippen LogP contribution is -2.63. The molecule has 5 rings (SSSR count). The molecule has 0 aromatic heterocycles. The molecule has 4 saturated carbocycles. The van der Waals surface area contributed by atoms with E-state index < -0.39 is 0 Å². The minimum absolute atomic E-state index is 0.0638. The Hall–Kier alpha value is -0.930. The van der Waals surface area contributed by atoms with E-state index in [0.29, 0.717) is 21.6 Å². The normalized spacial score (nSPS) is 37.1. The molecule has 0 saturated heterocycles. The molecule has 2 atom stereocenters. The lowest BCUT2D eigenvalue weighted by Gasteiger charge is -2.65. The van der Waals surface area contributed by atoms with E-state index in [4.69, 9.17) is 21.1 Å². The first kappa shape index (κ1) is 19.4. The van der Waals surface area contributed by atoms with E-state index in [1.54, 1.807) is 7.11 Å². The summed E-state index contributed by atoms with van der Waals surface area (Å²) >= 11 is 6.52. The molecule has 27 heavy (non-hydrogen) atoms. The first-order valence-electron chi connectivity index (χ1n) is 10.4. The lowest BCUT2D eigenvalue weighted by atomic mass is 9.43. The number of methoxy groups -OCH3 is 1. The topological polar surface area (TPSA) is 30.5 Å². The monoisotopic (exact) mass is 391 g/mol. The standard InChI is InChI=1S/C23H34ClNO2/c1-15(2)27-20-18(24)6-16(7-19(20)26-5)11-25-23-10-17-8-21(3,13-23)12-22(4,9-17)14-23/h6-7,15,17,25H,8-14H2,1-5H3. The molecule has 4 aliphatic carbocycles. The molecule has 4 heteroatoms. The van der Waals surface area contributed by atoms with E-state index in [1.165, 1.54) is 44.1 Å². The quantitative estimate of drug-likeness (QED) is 0.647. The van der Waals surface area contributed by atoms with Gasteiger partial charge in [0, 0.05) is 12.1 Å². The second-order valence-corrected chi connectivity index (χ2v) is 10.9. The van der Waals surface area contributed by atoms with E-state index in [2.05, 4.69) is 25.2 Å². The molecule has 0 spiro atoms. The van der Waals surface area contributed by atoms with Gasteiger partial charge in [-0.1, -0.05) is 25.4 Å². The molecular formula is C23H34ClNO2. The highest BCUT2D eigenvalue weighted by atomic mass is 35.5. The number of ether oxygens (including phenoxy) is 2. The van der Waals surface area contributed by atoms with Gasteiger partial charge in [-0.15, -0.1) is 0 Å². The van der Waals surface area contributed by atoms with Crippen LogP contribution in [0, 0.1) is 16.7 Å². The van der Waals surface area contributed by atoms with Crippen molar-refractivity contribution in [2.45, 2.75) is 84.4 Å². The predicted octanol–water partition coefficient (Wildman–Crippen LogP) is 5.97. The van der Waals surface area contributed by atoms with E-state index in [9.17, 15) is 0 Å². The summed E-state index contributed by atoms with van der Waals surface area (Å²) in [5.74, 6) is 2.26. The van der Waals surface area contributed by atoms with Crippen LogP contribution in [0.3, 0.4) is 0 Å². The van der Waals surface area contributed by atoms with Crippen LogP contribution in [0.2, 0.25) is 5.02 Å². The van der Waals surface area contributed by atoms with Gasteiger partial charge in [0.1, 0.15) is 0 Å². The van der Waals surface area contributed by atoms with Crippen molar-refractivity contribution in [2.24, 2.45) is 16.7 Å². The van der Waals surface area contributed by atoms with Gasteiger partial charge in [-0.25, -0.2) is 0 Å². The highest BCUT2D eigenvalue weighted by Crippen LogP contribution is 2.66. The van der Waals surface area contributed by atoms with Gasteiger partial charge in [0.25, 0.3) is 0 Å². The lowest BCUT2D eigenvalue weighted by molar-refractivity contribution is -0.118. The van der Waals surface area contributed by atoms with Crippen molar-refractivity contribution < 1.29 is 9.47 Å². The number of rotatable bonds is 6. The van der Waals surface area contributed by atoms with Crippen LogP contribution in [0.25, 0.3) is 0 Å². The number of benzene rings is 1. The van der Waals surface area contributed by atoms with Crippen LogP contribution in [-0.2, 0) is 6.54 Å². The van der Waals surface area contributed by atoms with Crippen molar-refractivity contribution in [2.75, 3.05) is 7.11 Å². The van der Waals surface area contributed by atoms with Crippen molar-refractivity contribution in [1.29, 1.82) is 0 Å². The maximum Gasteiger partial charge on any atom is 0.180 e. The van der Waals surface area contributed by atoms with Crippen LogP contribution in [0.1, 0.15) is 71.8 Å². The Morgan fingerprint density at radius 3 is 2.33 bits per heavy atom. The van der Waals surface area contributed by atoms with Gasteiger partial charge in [0.05, 0.1) is 18.2 Å². The average Bonchev–Trinajstić information content (AvgIpc) is 2.51. The highest BCUT2D eigenvalue weighted by Gasteiger charge is 2.59. The Morgan fingerprint density at radius 1 is 1.11 bits per heavy atom. The molecule has 3 nitrogen and oxygen atoms in total. The smallest absolute Gasteiger partial charge is 0.180 e. The van der Waals surface area contributed by atoms with Crippen molar-refractivity contribution in [3.8, 4) is 11.5 Å². The van der Waals surface area contributed by atoms with Crippen LogP contribution in [-0.4, -0.2) is 18.8 Å². The summed E-state index contributed by atoms with van der Waals surface area (Å²) in [6.07, 6.45) is 8.27. The fraction of sp³-hybridized carbons (Fsp3) is 0.739. The summed E-state index contributed by atoms with van der Waals surface area (Å²) < 4.78 is 11.4. The van der Waals surface area contributed by atoms with Gasteiger partial charge in [0.2, 0.25) is 0 Å². The van der Waals surface area contributed by atoms with Crippen LogP contribution < -0.4 is 14.8 Å². The van der Waals surface area contributed by atoms with Gasteiger partial charge in [-0.2, -0.15) is 0 Å². The zero-order valence-corrected chi connectivity index (χ0v) is 18.2. The largest absolute Gasteiger partial charge is 0.493 e. The Labute approximate surface area is 169 Å². The molecule has 4 fully saturated rings. The number of halogens is 1. The fourth-order valence-corrected chi connectivity index (χ4v) is 7.44. The molecular weight excluding hydrogens is 358 g/mol. The van der Waals surface area contributed by atoms with E-state index in [0.717, 1.165) is 18.2 Å². The molecule has 0 aliphatic heterocycles. The highest BCUT2D eigenvalue weighted by molar-refractivity contribution is 6.32. The first-order valence-corrected chi connectivity index (χ1v) is 10.8. The van der Waals surface area contributed by atoms with Gasteiger partial charge < -0.3 is 14.8 Å². The van der Waals surface area contributed by atoms with Gasteiger partial charge in [0.15, 0.2) is 11.5 Å². The summed E-state index contributed by atoms with van der Waals surface area (Å²) in [7, 11) is 1.68. The summed E-state index contributed by atoms with van der Waals surface area (Å²) in [4.78, 5) is 0. The van der Waals surface area contributed by atoms with Gasteiger partial charge >= 0.3 is 0 Å².